The number of hydrogen-bond donors (Lipinski definition) is 1. The summed E-state index contributed by atoms with van der Waals surface area (Å²) in [4.78, 5) is 27.7. The van der Waals surface area contributed by atoms with E-state index in [0.29, 0.717) is 28.6 Å². The van der Waals surface area contributed by atoms with E-state index in [1.165, 1.54) is 9.21 Å². The Bertz CT molecular complexity index is 1170. The first-order valence-corrected chi connectivity index (χ1v) is 14.5. The second-order valence-corrected chi connectivity index (χ2v) is 11.8. The molecule has 2 aromatic carbocycles. The summed E-state index contributed by atoms with van der Waals surface area (Å²) < 4.78 is 31.6. The highest BCUT2D eigenvalue weighted by Crippen LogP contribution is 2.28. The van der Waals surface area contributed by atoms with E-state index in [0.717, 1.165) is 11.8 Å². The standard InChI is InChI=1S/C27H38ClN3O5S/c1-19(2)17-29-27(33)21(4)30(18-22-12-14-23(36-5)15-13-22)26(32)11-8-16-31(37(6,34)35)25-10-7-9-24(28)20(25)3/h7,9-10,12-15,19,21H,8,11,16-18H2,1-6H3,(H,29,33). The summed E-state index contributed by atoms with van der Waals surface area (Å²) in [7, 11) is -2.02. The maximum atomic E-state index is 13.4. The number of rotatable bonds is 13. The number of halogens is 1. The molecule has 0 saturated carbocycles. The third-order valence-electron chi connectivity index (χ3n) is 6.02. The predicted octanol–water partition coefficient (Wildman–Crippen LogP) is 4.39. The van der Waals surface area contributed by atoms with Crippen LogP contribution in [0, 0.1) is 12.8 Å². The molecule has 1 atom stereocenters. The lowest BCUT2D eigenvalue weighted by Crippen LogP contribution is -2.48. The number of hydrogen-bond acceptors (Lipinski definition) is 5. The summed E-state index contributed by atoms with van der Waals surface area (Å²) in [5.74, 6) is 0.502. The Balaban J connectivity index is 2.20. The van der Waals surface area contributed by atoms with Crippen molar-refractivity contribution in [3.63, 3.8) is 0 Å². The molecule has 8 nitrogen and oxygen atoms in total. The fourth-order valence-electron chi connectivity index (χ4n) is 3.81. The molecule has 0 fully saturated rings. The summed E-state index contributed by atoms with van der Waals surface area (Å²) in [5, 5.41) is 3.36. The number of carbonyl (C=O) groups is 2. The molecule has 1 N–H and O–H groups in total. The minimum absolute atomic E-state index is 0.0730. The Kier molecular flexibility index (Phi) is 11.3. The molecule has 0 spiro atoms. The van der Waals surface area contributed by atoms with Crippen LogP contribution in [0.2, 0.25) is 5.02 Å². The van der Waals surface area contributed by atoms with Gasteiger partial charge in [0.2, 0.25) is 21.8 Å². The van der Waals surface area contributed by atoms with Crippen LogP contribution >= 0.6 is 11.6 Å². The number of benzene rings is 2. The van der Waals surface area contributed by atoms with Gasteiger partial charge >= 0.3 is 0 Å². The Hall–Kier alpha value is -2.78. The number of nitrogens with one attached hydrogen (secondary N) is 1. The number of amides is 2. The average Bonchev–Trinajstić information content (AvgIpc) is 2.84. The quantitative estimate of drug-likeness (QED) is 0.398. The van der Waals surface area contributed by atoms with Gasteiger partial charge in [-0.05, 0) is 61.6 Å². The van der Waals surface area contributed by atoms with E-state index in [-0.39, 0.29) is 43.7 Å². The molecule has 0 radical (unpaired) electrons. The minimum atomic E-state index is -3.60. The molecule has 2 rings (SSSR count). The van der Waals surface area contributed by atoms with Crippen molar-refractivity contribution in [1.82, 2.24) is 10.2 Å². The van der Waals surface area contributed by atoms with E-state index in [2.05, 4.69) is 5.32 Å². The number of methoxy groups -OCH3 is 1. The Morgan fingerprint density at radius 3 is 2.30 bits per heavy atom. The third kappa shape index (κ3) is 8.93. The average molecular weight is 552 g/mol. The van der Waals surface area contributed by atoms with E-state index >= 15 is 0 Å². The molecule has 0 saturated heterocycles. The van der Waals surface area contributed by atoms with Crippen LogP contribution in [-0.2, 0) is 26.2 Å². The SMILES string of the molecule is COc1ccc(CN(C(=O)CCCN(c2cccc(Cl)c2C)S(C)(=O)=O)C(C)C(=O)NCC(C)C)cc1. The Labute approximate surface area is 226 Å². The van der Waals surface area contributed by atoms with Crippen molar-refractivity contribution in [3.05, 3.63) is 58.6 Å². The maximum Gasteiger partial charge on any atom is 0.242 e. The van der Waals surface area contributed by atoms with Gasteiger partial charge in [-0.3, -0.25) is 13.9 Å². The predicted molar refractivity (Wildman–Crippen MR) is 148 cm³/mol. The van der Waals surface area contributed by atoms with Crippen LogP contribution in [0.25, 0.3) is 0 Å². The first kappa shape index (κ1) is 30.4. The first-order valence-electron chi connectivity index (χ1n) is 12.3. The van der Waals surface area contributed by atoms with Crippen molar-refractivity contribution in [2.75, 3.05) is 30.8 Å². The summed E-state index contributed by atoms with van der Waals surface area (Å²) in [5.41, 5.74) is 1.99. The van der Waals surface area contributed by atoms with Crippen LogP contribution in [0.5, 0.6) is 5.75 Å². The van der Waals surface area contributed by atoms with Gasteiger partial charge in [-0.1, -0.05) is 43.6 Å². The number of anilines is 1. The van der Waals surface area contributed by atoms with Crippen molar-refractivity contribution < 1.29 is 22.7 Å². The summed E-state index contributed by atoms with van der Waals surface area (Å²) in [6.07, 6.45) is 1.48. The summed E-state index contributed by atoms with van der Waals surface area (Å²) >= 11 is 6.21. The molecule has 37 heavy (non-hydrogen) atoms. The minimum Gasteiger partial charge on any atom is -0.497 e. The van der Waals surface area contributed by atoms with Gasteiger partial charge in [0.1, 0.15) is 11.8 Å². The second kappa shape index (κ2) is 13.7. The topological polar surface area (TPSA) is 96.0 Å². The van der Waals surface area contributed by atoms with Gasteiger partial charge in [0.15, 0.2) is 0 Å². The highest BCUT2D eigenvalue weighted by molar-refractivity contribution is 7.92. The molecule has 1 unspecified atom stereocenters. The fraction of sp³-hybridized carbons (Fsp3) is 0.481. The molecule has 0 aliphatic rings. The largest absolute Gasteiger partial charge is 0.497 e. The lowest BCUT2D eigenvalue weighted by atomic mass is 10.1. The first-order chi connectivity index (χ1) is 17.3. The zero-order valence-corrected chi connectivity index (χ0v) is 24.0. The molecule has 2 aromatic rings. The number of sulfonamides is 1. The molecular formula is C27H38ClN3O5S. The van der Waals surface area contributed by atoms with Gasteiger partial charge < -0.3 is 15.0 Å². The smallest absolute Gasteiger partial charge is 0.242 e. The number of nitrogens with zero attached hydrogens (tertiary/aromatic N) is 2. The van der Waals surface area contributed by atoms with E-state index < -0.39 is 16.1 Å². The monoisotopic (exact) mass is 551 g/mol. The summed E-state index contributed by atoms with van der Waals surface area (Å²) in [6.45, 7) is 8.32. The van der Waals surface area contributed by atoms with Crippen LogP contribution in [0.3, 0.4) is 0 Å². The maximum absolute atomic E-state index is 13.4. The van der Waals surface area contributed by atoms with Crippen molar-refractivity contribution >= 4 is 39.1 Å². The van der Waals surface area contributed by atoms with Crippen molar-refractivity contribution in [2.24, 2.45) is 5.92 Å². The van der Waals surface area contributed by atoms with Crippen LogP contribution in [0.15, 0.2) is 42.5 Å². The fourth-order valence-corrected chi connectivity index (χ4v) is 5.00. The zero-order valence-electron chi connectivity index (χ0n) is 22.5. The third-order valence-corrected chi connectivity index (χ3v) is 7.61. The van der Waals surface area contributed by atoms with Gasteiger partial charge in [-0.2, -0.15) is 0 Å². The van der Waals surface area contributed by atoms with Gasteiger partial charge in [-0.25, -0.2) is 8.42 Å². The lowest BCUT2D eigenvalue weighted by molar-refractivity contribution is -0.140. The van der Waals surface area contributed by atoms with Crippen LogP contribution in [0.4, 0.5) is 5.69 Å². The molecule has 204 valence electrons. The van der Waals surface area contributed by atoms with Crippen molar-refractivity contribution in [1.29, 1.82) is 0 Å². The Morgan fingerprint density at radius 2 is 1.73 bits per heavy atom. The van der Waals surface area contributed by atoms with E-state index in [9.17, 15) is 18.0 Å². The second-order valence-electron chi connectivity index (χ2n) is 9.51. The van der Waals surface area contributed by atoms with Gasteiger partial charge in [0.25, 0.3) is 0 Å². The molecule has 0 bridgehead atoms. The van der Waals surface area contributed by atoms with Crippen molar-refractivity contribution in [2.45, 2.75) is 53.1 Å². The van der Waals surface area contributed by atoms with Gasteiger partial charge in [0.05, 0.1) is 19.1 Å². The zero-order chi connectivity index (χ0) is 27.8. The lowest BCUT2D eigenvalue weighted by Gasteiger charge is -2.30. The van der Waals surface area contributed by atoms with E-state index in [1.54, 1.807) is 51.3 Å². The van der Waals surface area contributed by atoms with Crippen LogP contribution < -0.4 is 14.4 Å². The molecule has 10 heteroatoms. The molecule has 0 aliphatic heterocycles. The highest BCUT2D eigenvalue weighted by Gasteiger charge is 2.27. The Morgan fingerprint density at radius 1 is 1.08 bits per heavy atom. The molecule has 0 heterocycles. The van der Waals surface area contributed by atoms with Crippen LogP contribution in [-0.4, -0.2) is 57.6 Å². The summed E-state index contributed by atoms with van der Waals surface area (Å²) in [6, 6.07) is 11.7. The number of ether oxygens (including phenoxy) is 1. The normalized spacial score (nSPS) is 12.2. The van der Waals surface area contributed by atoms with Crippen LogP contribution in [0.1, 0.15) is 44.7 Å². The molecule has 2 amide bonds. The molecule has 0 aromatic heterocycles. The number of carbonyl (C=O) groups excluding carboxylic acids is 2. The molecule has 0 aliphatic carbocycles. The van der Waals surface area contributed by atoms with E-state index in [4.69, 9.17) is 16.3 Å². The van der Waals surface area contributed by atoms with Gasteiger partial charge in [-0.15, -0.1) is 0 Å². The molecular weight excluding hydrogens is 514 g/mol. The van der Waals surface area contributed by atoms with Crippen molar-refractivity contribution in [3.8, 4) is 5.75 Å². The highest BCUT2D eigenvalue weighted by atomic mass is 35.5. The van der Waals surface area contributed by atoms with E-state index in [1.807, 2.05) is 26.0 Å². The van der Waals surface area contributed by atoms with Gasteiger partial charge in [0, 0.05) is 31.1 Å².